The number of aryl methyl sites for hydroxylation is 1. The number of carbonyl (C=O) groups excluding carboxylic acids is 1. The standard InChI is InChI=1S/C28H25FN2O3S/c29-24-11-13-25(14-12-24)35(33,34)31-16-4-9-27(31)28(32)15-10-20-5-3-7-21(17-20)23-18-22-6-1-2-8-26(22)30-19-23/h1-3,5-8,11-14,17-19,27H,4,9-10,15-16H2/t27-/m0/s1. The minimum Gasteiger partial charge on any atom is -0.298 e. The summed E-state index contributed by atoms with van der Waals surface area (Å²) in [5, 5.41) is 1.06. The zero-order chi connectivity index (χ0) is 24.4. The number of aromatic nitrogens is 1. The maximum Gasteiger partial charge on any atom is 0.243 e. The molecule has 0 N–H and O–H groups in total. The SMILES string of the molecule is O=C(CCc1cccc(-c2cnc3ccccc3c2)c1)[C@@H]1CCCN1S(=O)(=O)c1ccc(F)cc1. The average molecular weight is 489 g/mol. The highest BCUT2D eigenvalue weighted by atomic mass is 32.2. The van der Waals surface area contributed by atoms with Crippen LogP contribution in [0, 0.1) is 5.82 Å². The molecule has 0 aliphatic carbocycles. The number of sulfonamides is 1. The molecular weight excluding hydrogens is 463 g/mol. The van der Waals surface area contributed by atoms with Crippen molar-refractivity contribution in [1.29, 1.82) is 0 Å². The van der Waals surface area contributed by atoms with Crippen molar-refractivity contribution in [2.45, 2.75) is 36.6 Å². The minimum absolute atomic E-state index is 0.00953. The molecule has 178 valence electrons. The van der Waals surface area contributed by atoms with E-state index < -0.39 is 21.9 Å². The lowest BCUT2D eigenvalue weighted by Gasteiger charge is -2.23. The lowest BCUT2D eigenvalue weighted by Crippen LogP contribution is -2.40. The Morgan fingerprint density at radius 1 is 0.971 bits per heavy atom. The van der Waals surface area contributed by atoms with Gasteiger partial charge in [0.25, 0.3) is 0 Å². The second-order valence-corrected chi connectivity index (χ2v) is 10.7. The number of ketones is 1. The van der Waals surface area contributed by atoms with Gasteiger partial charge < -0.3 is 0 Å². The van der Waals surface area contributed by atoms with Crippen LogP contribution in [0.4, 0.5) is 4.39 Å². The monoisotopic (exact) mass is 488 g/mol. The van der Waals surface area contributed by atoms with Gasteiger partial charge in [-0.05, 0) is 66.8 Å². The molecule has 1 aliphatic heterocycles. The van der Waals surface area contributed by atoms with E-state index in [9.17, 15) is 17.6 Å². The summed E-state index contributed by atoms with van der Waals surface area (Å²) >= 11 is 0. The van der Waals surface area contributed by atoms with E-state index in [4.69, 9.17) is 0 Å². The normalized spacial score (nSPS) is 16.5. The van der Waals surface area contributed by atoms with Crippen LogP contribution in [0.5, 0.6) is 0 Å². The molecule has 4 aromatic rings. The Hall–Kier alpha value is -3.42. The van der Waals surface area contributed by atoms with Crippen LogP contribution >= 0.6 is 0 Å². The Bertz CT molecular complexity index is 1490. The van der Waals surface area contributed by atoms with E-state index in [1.54, 1.807) is 0 Å². The number of Topliss-reactive ketones (excluding diaryl/α,β-unsaturated/α-hetero) is 1. The number of carbonyl (C=O) groups is 1. The highest BCUT2D eigenvalue weighted by Gasteiger charge is 2.38. The summed E-state index contributed by atoms with van der Waals surface area (Å²) in [7, 11) is -3.85. The van der Waals surface area contributed by atoms with Crippen LogP contribution in [0.2, 0.25) is 0 Å². The third-order valence-corrected chi connectivity index (χ3v) is 8.43. The van der Waals surface area contributed by atoms with Gasteiger partial charge in [0.15, 0.2) is 5.78 Å². The molecule has 7 heteroatoms. The first-order valence-corrected chi connectivity index (χ1v) is 13.1. The number of nitrogens with zero attached hydrogens (tertiary/aromatic N) is 2. The second-order valence-electron chi connectivity index (χ2n) is 8.81. The molecular formula is C28H25FN2O3S. The van der Waals surface area contributed by atoms with Crippen LogP contribution in [0.15, 0.2) is 90.0 Å². The Labute approximate surface area is 204 Å². The van der Waals surface area contributed by atoms with Gasteiger partial charge in [-0.2, -0.15) is 4.31 Å². The number of pyridine rings is 1. The number of rotatable bonds is 7. The Morgan fingerprint density at radius 3 is 2.60 bits per heavy atom. The molecule has 1 aliphatic rings. The molecule has 1 aromatic heterocycles. The molecule has 1 fully saturated rings. The predicted molar refractivity (Wildman–Crippen MR) is 134 cm³/mol. The summed E-state index contributed by atoms with van der Waals surface area (Å²) in [6.45, 7) is 0.292. The Kier molecular flexibility index (Phi) is 6.45. The fourth-order valence-corrected chi connectivity index (χ4v) is 6.34. The molecule has 0 amide bonds. The summed E-state index contributed by atoms with van der Waals surface area (Å²) in [6.07, 6.45) is 3.75. The van der Waals surface area contributed by atoms with Crippen molar-refractivity contribution < 1.29 is 17.6 Å². The molecule has 35 heavy (non-hydrogen) atoms. The van der Waals surface area contributed by atoms with Crippen molar-refractivity contribution in [3.8, 4) is 11.1 Å². The van der Waals surface area contributed by atoms with E-state index >= 15 is 0 Å². The minimum atomic E-state index is -3.85. The van der Waals surface area contributed by atoms with Crippen molar-refractivity contribution in [2.75, 3.05) is 6.54 Å². The first-order chi connectivity index (χ1) is 16.9. The molecule has 0 unspecified atom stereocenters. The lowest BCUT2D eigenvalue weighted by atomic mass is 9.98. The van der Waals surface area contributed by atoms with E-state index in [0.29, 0.717) is 25.8 Å². The van der Waals surface area contributed by atoms with Crippen molar-refractivity contribution in [3.63, 3.8) is 0 Å². The summed E-state index contributed by atoms with van der Waals surface area (Å²) in [4.78, 5) is 17.6. The zero-order valence-corrected chi connectivity index (χ0v) is 19.9. The van der Waals surface area contributed by atoms with Gasteiger partial charge in [0, 0.05) is 30.1 Å². The van der Waals surface area contributed by atoms with Crippen molar-refractivity contribution in [2.24, 2.45) is 0 Å². The lowest BCUT2D eigenvalue weighted by molar-refractivity contribution is -0.122. The van der Waals surface area contributed by atoms with E-state index in [2.05, 4.69) is 17.1 Å². The summed E-state index contributed by atoms with van der Waals surface area (Å²) in [5.41, 5.74) is 3.98. The third-order valence-electron chi connectivity index (χ3n) is 6.51. The first-order valence-electron chi connectivity index (χ1n) is 11.7. The predicted octanol–water partition coefficient (Wildman–Crippen LogP) is 5.40. The molecule has 0 bridgehead atoms. The van der Waals surface area contributed by atoms with Crippen LogP contribution in [0.3, 0.4) is 0 Å². The van der Waals surface area contributed by atoms with Gasteiger partial charge in [0.2, 0.25) is 10.0 Å². The summed E-state index contributed by atoms with van der Waals surface area (Å²) in [6, 6.07) is 22.1. The van der Waals surface area contributed by atoms with Crippen LogP contribution in [-0.4, -0.2) is 36.1 Å². The molecule has 2 heterocycles. The zero-order valence-electron chi connectivity index (χ0n) is 19.1. The molecule has 3 aromatic carbocycles. The number of hydrogen-bond acceptors (Lipinski definition) is 4. The van der Waals surface area contributed by atoms with Gasteiger partial charge in [-0.1, -0.05) is 42.5 Å². The Morgan fingerprint density at radius 2 is 1.77 bits per heavy atom. The van der Waals surface area contributed by atoms with Crippen LogP contribution in [-0.2, 0) is 21.2 Å². The Balaban J connectivity index is 1.29. The maximum absolute atomic E-state index is 13.3. The van der Waals surface area contributed by atoms with Crippen molar-refractivity contribution >= 4 is 26.7 Å². The molecule has 1 atom stereocenters. The second kappa shape index (κ2) is 9.68. The molecule has 0 spiro atoms. The van der Waals surface area contributed by atoms with Crippen LogP contribution < -0.4 is 0 Å². The summed E-state index contributed by atoms with van der Waals surface area (Å²) < 4.78 is 40.7. The van der Waals surface area contributed by atoms with Gasteiger partial charge >= 0.3 is 0 Å². The van der Waals surface area contributed by atoms with Gasteiger partial charge in [0.1, 0.15) is 5.82 Å². The molecule has 1 saturated heterocycles. The highest BCUT2D eigenvalue weighted by molar-refractivity contribution is 7.89. The van der Waals surface area contributed by atoms with Gasteiger partial charge in [-0.25, -0.2) is 12.8 Å². The molecule has 5 rings (SSSR count). The van der Waals surface area contributed by atoms with Gasteiger partial charge in [0.05, 0.1) is 16.5 Å². The van der Waals surface area contributed by atoms with E-state index in [1.165, 1.54) is 16.4 Å². The summed E-state index contributed by atoms with van der Waals surface area (Å²) in [5.74, 6) is -0.592. The van der Waals surface area contributed by atoms with E-state index in [-0.39, 0.29) is 17.1 Å². The number of para-hydroxylation sites is 1. The maximum atomic E-state index is 13.3. The van der Waals surface area contributed by atoms with Gasteiger partial charge in [-0.15, -0.1) is 0 Å². The highest BCUT2D eigenvalue weighted by Crippen LogP contribution is 2.28. The quantitative estimate of drug-likeness (QED) is 0.350. The smallest absolute Gasteiger partial charge is 0.243 e. The number of fused-ring (bicyclic) bond motifs is 1. The fourth-order valence-electron chi connectivity index (χ4n) is 4.66. The fraction of sp³-hybridized carbons (Fsp3) is 0.214. The van der Waals surface area contributed by atoms with Crippen LogP contribution in [0.25, 0.3) is 22.0 Å². The first kappa shape index (κ1) is 23.3. The number of halogens is 1. The molecule has 0 saturated carbocycles. The van der Waals surface area contributed by atoms with E-state index in [1.807, 2.05) is 48.7 Å². The molecule has 5 nitrogen and oxygen atoms in total. The number of benzene rings is 3. The topological polar surface area (TPSA) is 67.3 Å². The van der Waals surface area contributed by atoms with E-state index in [0.717, 1.165) is 39.7 Å². The van der Waals surface area contributed by atoms with Crippen molar-refractivity contribution in [1.82, 2.24) is 9.29 Å². The van der Waals surface area contributed by atoms with Crippen LogP contribution in [0.1, 0.15) is 24.8 Å². The molecule has 0 radical (unpaired) electrons. The third kappa shape index (κ3) is 4.88. The van der Waals surface area contributed by atoms with Gasteiger partial charge in [-0.3, -0.25) is 9.78 Å². The van der Waals surface area contributed by atoms with Crippen molar-refractivity contribution in [3.05, 3.63) is 96.4 Å². The average Bonchev–Trinajstić information content (AvgIpc) is 3.39. The number of hydrogen-bond donors (Lipinski definition) is 0. The largest absolute Gasteiger partial charge is 0.298 e.